The average molecular weight is 602 g/mol. The number of carboxylic acid groups (broad SMARTS) is 1. The Balaban J connectivity index is 0.000000517. The second-order valence-electron chi connectivity index (χ2n) is 8.78. The van der Waals surface area contributed by atoms with Crippen LogP contribution in [0.5, 0.6) is 0 Å². The summed E-state index contributed by atoms with van der Waals surface area (Å²) < 4.78 is 46.0. The van der Waals surface area contributed by atoms with E-state index in [-0.39, 0.29) is 16.5 Å². The maximum Gasteiger partial charge on any atom is 0.490 e. The van der Waals surface area contributed by atoms with E-state index >= 15 is 0 Å². The lowest BCUT2D eigenvalue weighted by atomic mass is 10.1. The zero-order valence-corrected chi connectivity index (χ0v) is 22.2. The fourth-order valence-corrected chi connectivity index (χ4v) is 4.11. The standard InChI is InChI=1S/C25H19ClFN7O.C2HF3O2/c26-17-4-5-19(20(27)13-17)25(35)34-10-8-33(9-11-34)24-23(30-18-2-1-7-29-15-18)31-21-6-3-16(14-28)12-22(21)32-24;3-2(4,5)1(6)7/h1-7,12-13,15H,8-11H2,(H,30,31);(H,6,7). The Morgan fingerprint density at radius 2 is 1.74 bits per heavy atom. The van der Waals surface area contributed by atoms with E-state index < -0.39 is 18.0 Å². The summed E-state index contributed by atoms with van der Waals surface area (Å²) in [7, 11) is 0. The van der Waals surface area contributed by atoms with E-state index in [0.29, 0.717) is 54.4 Å². The molecule has 1 saturated heterocycles. The number of amides is 1. The third-order valence-corrected chi connectivity index (χ3v) is 6.20. The van der Waals surface area contributed by atoms with Crippen LogP contribution in [0.2, 0.25) is 5.02 Å². The first-order valence-electron chi connectivity index (χ1n) is 12.1. The predicted molar refractivity (Wildman–Crippen MR) is 145 cm³/mol. The van der Waals surface area contributed by atoms with Crippen LogP contribution in [0.15, 0.2) is 60.9 Å². The number of halogens is 5. The van der Waals surface area contributed by atoms with Gasteiger partial charge in [-0.05, 0) is 48.5 Å². The highest BCUT2D eigenvalue weighted by Crippen LogP contribution is 2.29. The molecule has 10 nitrogen and oxygen atoms in total. The van der Waals surface area contributed by atoms with Crippen LogP contribution < -0.4 is 10.2 Å². The van der Waals surface area contributed by atoms with Gasteiger partial charge in [-0.1, -0.05) is 11.6 Å². The van der Waals surface area contributed by atoms with E-state index in [0.717, 1.165) is 11.8 Å². The minimum Gasteiger partial charge on any atom is -0.475 e. The maximum atomic E-state index is 14.3. The van der Waals surface area contributed by atoms with Crippen molar-refractivity contribution >= 4 is 51.8 Å². The Kier molecular flexibility index (Phi) is 9.02. The smallest absolute Gasteiger partial charge is 0.475 e. The second-order valence-corrected chi connectivity index (χ2v) is 9.22. The highest BCUT2D eigenvalue weighted by molar-refractivity contribution is 6.30. The molecule has 5 rings (SSSR count). The first-order valence-corrected chi connectivity index (χ1v) is 12.5. The fourth-order valence-electron chi connectivity index (χ4n) is 3.95. The molecular weight excluding hydrogens is 582 g/mol. The molecule has 2 aromatic heterocycles. The van der Waals surface area contributed by atoms with Crippen molar-refractivity contribution in [2.24, 2.45) is 0 Å². The van der Waals surface area contributed by atoms with Crippen LogP contribution >= 0.6 is 11.6 Å². The van der Waals surface area contributed by atoms with Crippen LogP contribution in [0.1, 0.15) is 15.9 Å². The molecule has 1 aliphatic rings. The number of aromatic nitrogens is 3. The monoisotopic (exact) mass is 601 g/mol. The van der Waals surface area contributed by atoms with Crippen molar-refractivity contribution in [3.05, 3.63) is 82.9 Å². The first kappa shape index (κ1) is 29.9. The molecule has 0 bridgehead atoms. The summed E-state index contributed by atoms with van der Waals surface area (Å²) in [5.74, 6) is -2.63. The van der Waals surface area contributed by atoms with Gasteiger partial charge in [-0.25, -0.2) is 19.2 Å². The molecule has 1 aliphatic heterocycles. The third-order valence-electron chi connectivity index (χ3n) is 5.97. The summed E-state index contributed by atoms with van der Waals surface area (Å²) >= 11 is 5.82. The number of piperazine rings is 1. The van der Waals surface area contributed by atoms with Gasteiger partial charge in [0.2, 0.25) is 0 Å². The van der Waals surface area contributed by atoms with Gasteiger partial charge in [0, 0.05) is 37.4 Å². The lowest BCUT2D eigenvalue weighted by molar-refractivity contribution is -0.192. The zero-order valence-electron chi connectivity index (χ0n) is 21.4. The van der Waals surface area contributed by atoms with Crippen molar-refractivity contribution in [2.75, 3.05) is 36.4 Å². The molecule has 42 heavy (non-hydrogen) atoms. The Hall–Kier alpha value is -5.03. The van der Waals surface area contributed by atoms with Gasteiger partial charge in [0.1, 0.15) is 5.82 Å². The second kappa shape index (κ2) is 12.6. The topological polar surface area (TPSA) is 135 Å². The van der Waals surface area contributed by atoms with Crippen molar-refractivity contribution in [3.63, 3.8) is 0 Å². The summed E-state index contributed by atoms with van der Waals surface area (Å²) in [5, 5.41) is 19.9. The van der Waals surface area contributed by atoms with Crippen molar-refractivity contribution < 1.29 is 32.3 Å². The van der Waals surface area contributed by atoms with Crippen LogP contribution in [-0.4, -0.2) is 69.2 Å². The normalized spacial score (nSPS) is 13.1. The van der Waals surface area contributed by atoms with Gasteiger partial charge in [0.25, 0.3) is 5.91 Å². The van der Waals surface area contributed by atoms with Gasteiger partial charge in [0.15, 0.2) is 11.6 Å². The van der Waals surface area contributed by atoms with Crippen LogP contribution in [0, 0.1) is 17.1 Å². The first-order chi connectivity index (χ1) is 20.0. The van der Waals surface area contributed by atoms with E-state index in [2.05, 4.69) is 16.4 Å². The molecule has 0 unspecified atom stereocenters. The molecular formula is C27H20ClF4N7O3. The summed E-state index contributed by atoms with van der Waals surface area (Å²) in [6, 6.07) is 15.0. The number of benzene rings is 2. The number of nitrogens with one attached hydrogen (secondary N) is 1. The molecule has 216 valence electrons. The molecule has 0 saturated carbocycles. The van der Waals surface area contributed by atoms with E-state index in [1.807, 2.05) is 17.0 Å². The summed E-state index contributed by atoms with van der Waals surface area (Å²) in [5.41, 5.74) is 2.48. The largest absolute Gasteiger partial charge is 0.490 e. The van der Waals surface area contributed by atoms with Crippen molar-refractivity contribution in [1.29, 1.82) is 5.26 Å². The minimum absolute atomic E-state index is 0.00341. The number of carbonyl (C=O) groups is 2. The number of hydrogen-bond donors (Lipinski definition) is 2. The Bertz CT molecular complexity index is 1660. The van der Waals surface area contributed by atoms with E-state index in [4.69, 9.17) is 31.5 Å². The molecule has 4 aromatic rings. The van der Waals surface area contributed by atoms with Gasteiger partial charge in [-0.15, -0.1) is 0 Å². The summed E-state index contributed by atoms with van der Waals surface area (Å²) in [6.45, 7) is 1.71. The molecule has 2 aromatic carbocycles. The summed E-state index contributed by atoms with van der Waals surface area (Å²) in [6.07, 6.45) is -1.72. The summed E-state index contributed by atoms with van der Waals surface area (Å²) in [4.78, 5) is 39.1. The number of nitriles is 1. The molecule has 1 fully saturated rings. The average Bonchev–Trinajstić information content (AvgIpc) is 2.97. The number of aliphatic carboxylic acids is 1. The maximum absolute atomic E-state index is 14.3. The number of carbonyl (C=O) groups excluding carboxylic acids is 1. The van der Waals surface area contributed by atoms with Crippen LogP contribution in [0.25, 0.3) is 11.0 Å². The van der Waals surface area contributed by atoms with E-state index in [9.17, 15) is 27.6 Å². The van der Waals surface area contributed by atoms with Gasteiger partial charge < -0.3 is 20.2 Å². The number of pyridine rings is 1. The number of hydrogen-bond acceptors (Lipinski definition) is 8. The van der Waals surface area contributed by atoms with Gasteiger partial charge in [-0.3, -0.25) is 9.78 Å². The van der Waals surface area contributed by atoms with Crippen molar-refractivity contribution in [1.82, 2.24) is 19.9 Å². The molecule has 1 amide bonds. The molecule has 2 N–H and O–H groups in total. The molecule has 0 spiro atoms. The molecule has 0 atom stereocenters. The lowest BCUT2D eigenvalue weighted by Gasteiger charge is -2.36. The quantitative estimate of drug-likeness (QED) is 0.309. The van der Waals surface area contributed by atoms with Crippen LogP contribution in [-0.2, 0) is 4.79 Å². The van der Waals surface area contributed by atoms with Crippen molar-refractivity contribution in [3.8, 4) is 6.07 Å². The number of nitrogens with zero attached hydrogens (tertiary/aromatic N) is 6. The molecule has 0 aliphatic carbocycles. The molecule has 3 heterocycles. The van der Waals surface area contributed by atoms with E-state index in [1.54, 1.807) is 35.5 Å². The molecule has 15 heteroatoms. The van der Waals surface area contributed by atoms with Gasteiger partial charge in [0.05, 0.1) is 40.1 Å². The van der Waals surface area contributed by atoms with Crippen molar-refractivity contribution in [2.45, 2.75) is 6.18 Å². The van der Waals surface area contributed by atoms with E-state index in [1.165, 1.54) is 12.1 Å². The number of anilines is 3. The Labute approximate surface area is 240 Å². The molecule has 0 radical (unpaired) electrons. The number of carboxylic acids is 1. The predicted octanol–water partition coefficient (Wildman–Crippen LogP) is 5.03. The van der Waals surface area contributed by atoms with Gasteiger partial charge in [-0.2, -0.15) is 18.4 Å². The lowest BCUT2D eigenvalue weighted by Crippen LogP contribution is -2.49. The fraction of sp³-hybridized carbons (Fsp3) is 0.185. The Morgan fingerprint density at radius 1 is 1.02 bits per heavy atom. The highest BCUT2D eigenvalue weighted by atomic mass is 35.5. The minimum atomic E-state index is -5.08. The number of rotatable bonds is 4. The SMILES string of the molecule is N#Cc1ccc2nc(Nc3cccnc3)c(N3CCN(C(=O)c4ccc(Cl)cc4F)CC3)nc2c1.O=C(O)C(F)(F)F. The number of fused-ring (bicyclic) bond motifs is 1. The highest BCUT2D eigenvalue weighted by Gasteiger charge is 2.38. The van der Waals surface area contributed by atoms with Crippen LogP contribution in [0.3, 0.4) is 0 Å². The van der Waals surface area contributed by atoms with Gasteiger partial charge >= 0.3 is 12.1 Å². The zero-order chi connectivity index (χ0) is 30.4. The Morgan fingerprint density at radius 3 is 2.33 bits per heavy atom. The third kappa shape index (κ3) is 7.18. The van der Waals surface area contributed by atoms with Crippen LogP contribution in [0.4, 0.5) is 34.9 Å². The number of alkyl halides is 3.